The number of rotatable bonds is 6. The summed E-state index contributed by atoms with van der Waals surface area (Å²) in [7, 11) is 1.96. The molecule has 0 aliphatic rings. The van der Waals surface area contributed by atoms with E-state index in [4.69, 9.17) is 0 Å². The summed E-state index contributed by atoms with van der Waals surface area (Å²) in [6.45, 7) is 6.18. The number of hydrogen-bond donors (Lipinski definition) is 1. The number of hydrogen-bond acceptors (Lipinski definition) is 3. The van der Waals surface area contributed by atoms with Gasteiger partial charge in [0.15, 0.2) is 5.96 Å². The minimum absolute atomic E-state index is 0.211. The first-order valence-electron chi connectivity index (χ1n) is 7.73. The molecule has 23 heavy (non-hydrogen) atoms. The van der Waals surface area contributed by atoms with E-state index in [0.29, 0.717) is 13.1 Å². The Morgan fingerprint density at radius 1 is 1.43 bits per heavy atom. The summed E-state index contributed by atoms with van der Waals surface area (Å²) in [6.07, 6.45) is 2.73. The third-order valence-electron chi connectivity index (χ3n) is 3.26. The first kappa shape index (κ1) is 17.4. The largest absolute Gasteiger partial charge is 0.357 e. The maximum atomic E-state index is 13.3. The van der Waals surface area contributed by atoms with E-state index in [0.717, 1.165) is 29.5 Å². The predicted octanol–water partition coefficient (Wildman–Crippen LogP) is 3.23. The van der Waals surface area contributed by atoms with E-state index in [2.05, 4.69) is 22.2 Å². The molecule has 0 unspecified atom stereocenters. The van der Waals surface area contributed by atoms with Crippen molar-refractivity contribution in [1.29, 1.82) is 0 Å². The van der Waals surface area contributed by atoms with Crippen molar-refractivity contribution in [2.45, 2.75) is 26.8 Å². The lowest BCUT2D eigenvalue weighted by molar-refractivity contribution is 0.475. The first-order chi connectivity index (χ1) is 11.1. The number of halogens is 1. The molecule has 1 heterocycles. The van der Waals surface area contributed by atoms with Crippen molar-refractivity contribution in [3.05, 3.63) is 51.7 Å². The van der Waals surface area contributed by atoms with Crippen LogP contribution in [0.5, 0.6) is 0 Å². The Bertz CT molecular complexity index is 654. The van der Waals surface area contributed by atoms with Gasteiger partial charge < -0.3 is 10.2 Å². The molecule has 6 heteroatoms. The smallest absolute Gasteiger partial charge is 0.193 e. The summed E-state index contributed by atoms with van der Waals surface area (Å²) in [5, 5.41) is 4.38. The van der Waals surface area contributed by atoms with Gasteiger partial charge in [-0.1, -0.05) is 12.1 Å². The zero-order chi connectivity index (χ0) is 16.7. The summed E-state index contributed by atoms with van der Waals surface area (Å²) in [4.78, 5) is 12.2. The molecule has 2 aromatic rings. The molecule has 0 spiro atoms. The lowest BCUT2D eigenvalue weighted by Gasteiger charge is -2.22. The highest BCUT2D eigenvalue weighted by Gasteiger charge is 2.07. The topological polar surface area (TPSA) is 40.5 Å². The third kappa shape index (κ3) is 5.63. The molecular weight excluding hydrogens is 311 g/mol. The summed E-state index contributed by atoms with van der Waals surface area (Å²) in [5.74, 6) is 0.613. The lowest BCUT2D eigenvalue weighted by Crippen LogP contribution is -2.38. The van der Waals surface area contributed by atoms with Crippen LogP contribution < -0.4 is 5.32 Å². The Labute approximate surface area is 141 Å². The van der Waals surface area contributed by atoms with Gasteiger partial charge in [0.25, 0.3) is 0 Å². The van der Waals surface area contributed by atoms with E-state index >= 15 is 0 Å². The quantitative estimate of drug-likeness (QED) is 0.651. The van der Waals surface area contributed by atoms with Crippen LogP contribution in [0.1, 0.15) is 22.4 Å². The van der Waals surface area contributed by atoms with E-state index in [1.807, 2.05) is 31.1 Å². The Hall–Kier alpha value is -1.95. The van der Waals surface area contributed by atoms with Crippen LogP contribution in [-0.4, -0.2) is 36.0 Å². The second-order valence-electron chi connectivity index (χ2n) is 5.34. The normalized spacial score (nSPS) is 11.6. The first-order valence-corrected chi connectivity index (χ1v) is 8.55. The summed E-state index contributed by atoms with van der Waals surface area (Å²) >= 11 is 1.71. The van der Waals surface area contributed by atoms with E-state index in [1.54, 1.807) is 23.5 Å². The molecule has 0 fully saturated rings. The molecule has 0 saturated carbocycles. The monoisotopic (exact) mass is 334 g/mol. The predicted molar refractivity (Wildman–Crippen MR) is 94.4 cm³/mol. The number of nitrogens with zero attached hydrogens (tertiary/aromatic N) is 3. The van der Waals surface area contributed by atoms with Crippen LogP contribution in [0.15, 0.2) is 35.5 Å². The van der Waals surface area contributed by atoms with Gasteiger partial charge in [-0.15, -0.1) is 11.3 Å². The van der Waals surface area contributed by atoms with Crippen LogP contribution in [0.4, 0.5) is 4.39 Å². The molecule has 124 valence electrons. The Morgan fingerprint density at radius 2 is 2.26 bits per heavy atom. The minimum atomic E-state index is -0.211. The number of guanidine groups is 1. The van der Waals surface area contributed by atoms with Crippen molar-refractivity contribution < 1.29 is 4.39 Å². The van der Waals surface area contributed by atoms with Gasteiger partial charge in [0, 0.05) is 44.2 Å². The fourth-order valence-electron chi connectivity index (χ4n) is 2.23. The number of aromatic nitrogens is 1. The molecule has 0 saturated heterocycles. The zero-order valence-corrected chi connectivity index (χ0v) is 14.7. The van der Waals surface area contributed by atoms with Gasteiger partial charge in [0.2, 0.25) is 0 Å². The van der Waals surface area contributed by atoms with E-state index < -0.39 is 0 Å². The van der Waals surface area contributed by atoms with Gasteiger partial charge in [0.1, 0.15) is 5.82 Å². The molecule has 0 aliphatic carbocycles. The van der Waals surface area contributed by atoms with Gasteiger partial charge in [-0.05, 0) is 31.5 Å². The van der Waals surface area contributed by atoms with Gasteiger partial charge in [0.05, 0.1) is 5.01 Å². The molecule has 0 amide bonds. The fraction of sp³-hybridized carbons (Fsp3) is 0.412. The fourth-order valence-corrected chi connectivity index (χ4v) is 3.00. The summed E-state index contributed by atoms with van der Waals surface area (Å²) in [6, 6.07) is 6.66. The number of aryl methyl sites for hydroxylation is 1. The Kier molecular flexibility index (Phi) is 6.52. The van der Waals surface area contributed by atoms with E-state index in [1.165, 1.54) is 10.9 Å². The van der Waals surface area contributed by atoms with Crippen molar-refractivity contribution in [2.75, 3.05) is 20.1 Å². The van der Waals surface area contributed by atoms with Crippen molar-refractivity contribution in [3.8, 4) is 0 Å². The van der Waals surface area contributed by atoms with Crippen LogP contribution in [0.3, 0.4) is 0 Å². The van der Waals surface area contributed by atoms with E-state index in [9.17, 15) is 4.39 Å². The van der Waals surface area contributed by atoms with Crippen molar-refractivity contribution >= 4 is 17.3 Å². The molecular formula is C17H23FN4S. The maximum absolute atomic E-state index is 13.3. The minimum Gasteiger partial charge on any atom is -0.357 e. The maximum Gasteiger partial charge on any atom is 0.193 e. The molecule has 0 radical (unpaired) electrons. The van der Waals surface area contributed by atoms with Crippen LogP contribution in [0, 0.1) is 12.7 Å². The highest BCUT2D eigenvalue weighted by molar-refractivity contribution is 7.11. The summed E-state index contributed by atoms with van der Waals surface area (Å²) < 4.78 is 13.3. The molecule has 4 nitrogen and oxygen atoms in total. The van der Waals surface area contributed by atoms with Gasteiger partial charge >= 0.3 is 0 Å². The molecule has 1 aromatic carbocycles. The Morgan fingerprint density at radius 3 is 2.91 bits per heavy atom. The number of nitrogens with one attached hydrogen (secondary N) is 1. The molecule has 1 N–H and O–H groups in total. The molecule has 0 atom stereocenters. The Balaban J connectivity index is 1.96. The van der Waals surface area contributed by atoms with Crippen LogP contribution >= 0.6 is 11.3 Å². The summed E-state index contributed by atoms with van der Waals surface area (Å²) in [5.41, 5.74) is 0.925. The second kappa shape index (κ2) is 8.62. The van der Waals surface area contributed by atoms with E-state index in [-0.39, 0.29) is 5.82 Å². The average Bonchev–Trinajstić information content (AvgIpc) is 2.92. The SMILES string of the molecule is CCNC(=NCCc1ncc(C)s1)N(C)Cc1cccc(F)c1. The molecule has 1 aromatic heterocycles. The highest BCUT2D eigenvalue weighted by Crippen LogP contribution is 2.11. The number of benzene rings is 1. The van der Waals surface area contributed by atoms with Crippen LogP contribution in [-0.2, 0) is 13.0 Å². The van der Waals surface area contributed by atoms with Gasteiger partial charge in [-0.2, -0.15) is 0 Å². The standard InChI is InChI=1S/C17H23FN4S/c1-4-19-17(20-9-8-16-21-11-13(2)23-16)22(3)12-14-6-5-7-15(18)10-14/h5-7,10-11H,4,8-9,12H2,1-3H3,(H,19,20). The van der Waals surface area contributed by atoms with Crippen molar-refractivity contribution in [3.63, 3.8) is 0 Å². The van der Waals surface area contributed by atoms with Crippen LogP contribution in [0.2, 0.25) is 0 Å². The van der Waals surface area contributed by atoms with Crippen molar-refractivity contribution in [2.24, 2.45) is 4.99 Å². The van der Waals surface area contributed by atoms with Crippen molar-refractivity contribution in [1.82, 2.24) is 15.2 Å². The third-order valence-corrected chi connectivity index (χ3v) is 4.23. The second-order valence-corrected chi connectivity index (χ2v) is 6.66. The average molecular weight is 334 g/mol. The molecule has 0 bridgehead atoms. The number of aliphatic imine (C=N–C) groups is 1. The lowest BCUT2D eigenvalue weighted by atomic mass is 10.2. The highest BCUT2D eigenvalue weighted by atomic mass is 32.1. The molecule has 0 aliphatic heterocycles. The zero-order valence-electron chi connectivity index (χ0n) is 13.8. The van der Waals surface area contributed by atoms with Gasteiger partial charge in [-0.3, -0.25) is 4.99 Å². The van der Waals surface area contributed by atoms with Gasteiger partial charge in [-0.25, -0.2) is 9.37 Å². The van der Waals surface area contributed by atoms with Crippen LogP contribution in [0.25, 0.3) is 0 Å². The number of thiazole rings is 1. The molecule has 2 rings (SSSR count).